The summed E-state index contributed by atoms with van der Waals surface area (Å²) in [6.45, 7) is 1.43. The SMILES string of the molecule is CC1(C(=O)[O-])CCCCC1C(=O)[O-].[Zn+2]. The van der Waals surface area contributed by atoms with Crippen molar-refractivity contribution >= 4 is 11.9 Å². The molecule has 5 heteroatoms. The van der Waals surface area contributed by atoms with Crippen LogP contribution in [-0.4, -0.2) is 11.9 Å². The molecule has 4 nitrogen and oxygen atoms in total. The molecule has 0 heterocycles. The molecule has 0 amide bonds. The van der Waals surface area contributed by atoms with Gasteiger partial charge in [0.25, 0.3) is 0 Å². The Morgan fingerprint density at radius 3 is 2.21 bits per heavy atom. The summed E-state index contributed by atoms with van der Waals surface area (Å²) in [5, 5.41) is 21.5. The van der Waals surface area contributed by atoms with Crippen molar-refractivity contribution in [3.8, 4) is 0 Å². The van der Waals surface area contributed by atoms with Gasteiger partial charge < -0.3 is 19.8 Å². The van der Waals surface area contributed by atoms with Gasteiger partial charge in [0.2, 0.25) is 0 Å². The third-order valence-electron chi connectivity index (χ3n) is 2.96. The summed E-state index contributed by atoms with van der Waals surface area (Å²) in [6.07, 6.45) is 2.25. The second kappa shape index (κ2) is 4.87. The molecular weight excluding hydrogens is 237 g/mol. The summed E-state index contributed by atoms with van der Waals surface area (Å²) >= 11 is 0. The van der Waals surface area contributed by atoms with Crippen molar-refractivity contribution in [2.45, 2.75) is 32.6 Å². The number of rotatable bonds is 2. The summed E-state index contributed by atoms with van der Waals surface area (Å²) in [7, 11) is 0. The Hall–Kier alpha value is -0.437. The molecule has 0 radical (unpaired) electrons. The zero-order valence-electron chi connectivity index (χ0n) is 8.25. The first-order valence-electron chi connectivity index (χ1n) is 4.41. The van der Waals surface area contributed by atoms with Gasteiger partial charge in [0.1, 0.15) is 0 Å². The Balaban J connectivity index is 0.00000169. The Morgan fingerprint density at radius 2 is 1.86 bits per heavy atom. The first kappa shape index (κ1) is 13.6. The van der Waals surface area contributed by atoms with Gasteiger partial charge in [0, 0.05) is 23.3 Å². The number of carbonyl (C=O) groups is 2. The van der Waals surface area contributed by atoms with E-state index in [0.29, 0.717) is 12.8 Å². The summed E-state index contributed by atoms with van der Waals surface area (Å²) < 4.78 is 0. The van der Waals surface area contributed by atoms with Gasteiger partial charge >= 0.3 is 19.5 Å². The fraction of sp³-hybridized carbons (Fsp3) is 0.778. The third-order valence-corrected chi connectivity index (χ3v) is 2.96. The van der Waals surface area contributed by atoms with Crippen LogP contribution in [0.15, 0.2) is 0 Å². The van der Waals surface area contributed by atoms with Crippen LogP contribution in [0.2, 0.25) is 0 Å². The second-order valence-corrected chi connectivity index (χ2v) is 3.82. The molecule has 2 atom stereocenters. The molecule has 14 heavy (non-hydrogen) atoms. The van der Waals surface area contributed by atoms with Crippen LogP contribution >= 0.6 is 0 Å². The van der Waals surface area contributed by atoms with Gasteiger partial charge in [-0.15, -0.1) is 0 Å². The van der Waals surface area contributed by atoms with E-state index in [1.807, 2.05) is 0 Å². The molecular formula is C9H12O4Zn. The van der Waals surface area contributed by atoms with Crippen molar-refractivity contribution in [1.29, 1.82) is 0 Å². The zero-order chi connectivity index (χ0) is 10.1. The second-order valence-electron chi connectivity index (χ2n) is 3.82. The quantitative estimate of drug-likeness (QED) is 0.569. The third kappa shape index (κ3) is 2.32. The summed E-state index contributed by atoms with van der Waals surface area (Å²) in [4.78, 5) is 21.5. The molecule has 0 saturated heterocycles. The fourth-order valence-electron chi connectivity index (χ4n) is 1.96. The Labute approximate surface area is 95.4 Å². The van der Waals surface area contributed by atoms with E-state index in [-0.39, 0.29) is 19.5 Å². The number of carbonyl (C=O) groups excluding carboxylic acids is 2. The van der Waals surface area contributed by atoms with Crippen LogP contribution in [0.1, 0.15) is 32.6 Å². The van der Waals surface area contributed by atoms with Gasteiger partial charge in [0.15, 0.2) is 0 Å². The van der Waals surface area contributed by atoms with Gasteiger partial charge in [-0.25, -0.2) is 0 Å². The molecule has 0 aromatic rings. The molecule has 1 rings (SSSR count). The van der Waals surface area contributed by atoms with Crippen molar-refractivity contribution in [1.82, 2.24) is 0 Å². The summed E-state index contributed by atoms with van der Waals surface area (Å²) in [5.74, 6) is -3.45. The monoisotopic (exact) mass is 248 g/mol. The number of aliphatic carboxylic acids is 2. The molecule has 0 N–H and O–H groups in total. The van der Waals surface area contributed by atoms with Crippen molar-refractivity contribution in [2.75, 3.05) is 0 Å². The largest absolute Gasteiger partial charge is 2.00 e. The van der Waals surface area contributed by atoms with E-state index >= 15 is 0 Å². The van der Waals surface area contributed by atoms with E-state index < -0.39 is 23.3 Å². The van der Waals surface area contributed by atoms with Crippen molar-refractivity contribution in [2.24, 2.45) is 11.3 Å². The minimum atomic E-state index is -1.28. The number of carboxylic acids is 2. The van der Waals surface area contributed by atoms with Crippen molar-refractivity contribution in [3.05, 3.63) is 0 Å². The fourth-order valence-corrected chi connectivity index (χ4v) is 1.96. The average molecular weight is 250 g/mol. The predicted octanol–water partition coefficient (Wildman–Crippen LogP) is -1.32. The van der Waals surface area contributed by atoms with Gasteiger partial charge in [-0.2, -0.15) is 0 Å². The topological polar surface area (TPSA) is 80.3 Å². The van der Waals surface area contributed by atoms with Gasteiger partial charge in [-0.1, -0.05) is 19.8 Å². The van der Waals surface area contributed by atoms with Gasteiger partial charge in [0.05, 0.1) is 0 Å². The van der Waals surface area contributed by atoms with E-state index in [4.69, 9.17) is 0 Å². The van der Waals surface area contributed by atoms with Crippen LogP contribution in [0.3, 0.4) is 0 Å². The first-order valence-corrected chi connectivity index (χ1v) is 4.41. The van der Waals surface area contributed by atoms with Gasteiger partial charge in [-0.05, 0) is 12.8 Å². The van der Waals surface area contributed by atoms with E-state index in [2.05, 4.69) is 0 Å². The zero-order valence-corrected chi connectivity index (χ0v) is 11.2. The van der Waals surface area contributed by atoms with Crippen molar-refractivity contribution in [3.63, 3.8) is 0 Å². The maximum Gasteiger partial charge on any atom is 2.00 e. The molecule has 0 aromatic carbocycles. The Kier molecular flexibility index (Phi) is 4.72. The van der Waals surface area contributed by atoms with Crippen LogP contribution in [0.4, 0.5) is 0 Å². The van der Waals surface area contributed by atoms with E-state index in [9.17, 15) is 19.8 Å². The molecule has 1 saturated carbocycles. The first-order chi connectivity index (χ1) is 5.98. The minimum absolute atomic E-state index is 0. The Bertz CT molecular complexity index is 241. The molecule has 0 spiro atoms. The molecule has 74 valence electrons. The van der Waals surface area contributed by atoms with E-state index in [1.165, 1.54) is 6.92 Å². The van der Waals surface area contributed by atoms with Crippen LogP contribution in [0, 0.1) is 11.3 Å². The molecule has 0 aliphatic heterocycles. The van der Waals surface area contributed by atoms with Crippen LogP contribution in [-0.2, 0) is 29.1 Å². The van der Waals surface area contributed by atoms with Crippen LogP contribution in [0.25, 0.3) is 0 Å². The maximum atomic E-state index is 10.8. The molecule has 0 bridgehead atoms. The van der Waals surface area contributed by atoms with E-state index in [1.54, 1.807) is 0 Å². The predicted molar refractivity (Wildman–Crippen MR) is 40.1 cm³/mol. The van der Waals surface area contributed by atoms with Gasteiger partial charge in [-0.3, -0.25) is 0 Å². The summed E-state index contributed by atoms with van der Waals surface area (Å²) in [6, 6.07) is 0. The van der Waals surface area contributed by atoms with Crippen LogP contribution < -0.4 is 10.2 Å². The van der Waals surface area contributed by atoms with E-state index in [0.717, 1.165) is 12.8 Å². The number of carboxylic acid groups (broad SMARTS) is 2. The van der Waals surface area contributed by atoms with Crippen LogP contribution in [0.5, 0.6) is 0 Å². The number of hydrogen-bond donors (Lipinski definition) is 0. The Morgan fingerprint density at radius 1 is 1.29 bits per heavy atom. The average Bonchev–Trinajstić information content (AvgIpc) is 2.04. The summed E-state index contributed by atoms with van der Waals surface area (Å²) in [5.41, 5.74) is -1.24. The molecule has 0 aromatic heterocycles. The number of hydrogen-bond acceptors (Lipinski definition) is 4. The normalized spacial score (nSPS) is 31.6. The van der Waals surface area contributed by atoms with Crippen molar-refractivity contribution < 1.29 is 39.3 Å². The molecule has 1 aliphatic carbocycles. The molecule has 2 unspecified atom stereocenters. The minimum Gasteiger partial charge on any atom is -0.550 e. The molecule has 1 aliphatic rings. The standard InChI is InChI=1S/C9H14O4.Zn/c1-9(8(12)13)5-3-2-4-6(9)7(10)11;/h6H,2-5H2,1H3,(H,10,11)(H,12,13);/q;+2/p-2. The molecule has 1 fully saturated rings. The maximum absolute atomic E-state index is 10.8. The smallest absolute Gasteiger partial charge is 0.550 e.